The summed E-state index contributed by atoms with van der Waals surface area (Å²) in [5.41, 5.74) is -1.16. The SMILES string of the molecule is CCCCOc1ccc(C(=O)Oc2c(C)c3c4c5c2C(=O)C(=C(N2CCCCC2)C5=O)NC(=O)C(C)=CC=CC(C)C(O)C(C)C(O)C(C)C(O)C(C)C(OC)C=COC(C)(O3)C4=O)cc1. The van der Waals surface area contributed by atoms with Crippen LogP contribution < -0.4 is 19.5 Å². The van der Waals surface area contributed by atoms with E-state index in [2.05, 4.69) is 5.32 Å². The van der Waals surface area contributed by atoms with Crippen LogP contribution in [-0.2, 0) is 14.3 Å². The second kappa shape index (κ2) is 20.9. The molecule has 7 rings (SSSR count). The number of benzene rings is 2. The number of nitrogens with zero attached hydrogens (tertiary/aromatic N) is 1. The Morgan fingerprint density at radius 2 is 1.52 bits per heavy atom. The fourth-order valence-corrected chi connectivity index (χ4v) is 8.99. The molecule has 1 saturated heterocycles. The second-order valence-electron chi connectivity index (χ2n) is 18.1. The lowest BCUT2D eigenvalue weighted by Gasteiger charge is -2.36. The van der Waals surface area contributed by atoms with Crippen LogP contribution in [0.15, 0.2) is 71.8 Å². The number of fused-ring (bicyclic) bond motifs is 14. The number of likely N-dealkylation sites (tertiary alicyclic amines) is 1. The highest BCUT2D eigenvalue weighted by molar-refractivity contribution is 6.32. The monoisotopic (exact) mass is 912 g/mol. The molecule has 356 valence electrons. The molecular formula is C51H64N2O13. The summed E-state index contributed by atoms with van der Waals surface area (Å²) in [6, 6.07) is 6.25. The molecule has 4 N–H and O–H groups in total. The number of carbonyl (C=O) groups is 5. The van der Waals surface area contributed by atoms with E-state index < -0.39 is 88.7 Å². The van der Waals surface area contributed by atoms with Gasteiger partial charge in [0, 0.05) is 61.9 Å². The zero-order chi connectivity index (χ0) is 48.2. The standard InChI is InChI=1S/C51H64N2O13/c1-10-11-25-63-34-20-18-33(19-21-34)50(61)65-46-32(7)47-38-36-37(46)44(57)39(40(45(36)58)53-23-13-12-14-24-53)52-49(60)28(3)17-15-16-27(2)41(54)30(5)43(56)31(6)42(55)29(4)35(62-9)22-26-64-51(8,66-47)48(38)59/h15-22,26-27,29-31,35,41-43,54-56H,10-14,23-25H2,1-9H3,(H,52,60). The number of allylic oxidation sites excluding steroid dienone is 4. The molecule has 0 aromatic heterocycles. The molecule has 0 saturated carbocycles. The van der Waals surface area contributed by atoms with Gasteiger partial charge in [0.05, 0.1) is 59.5 Å². The number of methoxy groups -OCH3 is 1. The molecule has 9 atom stereocenters. The van der Waals surface area contributed by atoms with E-state index in [1.807, 2.05) is 6.92 Å². The first-order valence-corrected chi connectivity index (χ1v) is 22.9. The number of aliphatic hydroxyl groups excluding tert-OH is 3. The largest absolute Gasteiger partial charge is 0.494 e. The molecule has 0 spiro atoms. The summed E-state index contributed by atoms with van der Waals surface area (Å²) in [6.45, 7) is 14.5. The van der Waals surface area contributed by atoms with Gasteiger partial charge >= 0.3 is 11.8 Å². The second-order valence-corrected chi connectivity index (χ2v) is 18.1. The third kappa shape index (κ3) is 9.90. The summed E-state index contributed by atoms with van der Waals surface area (Å²) in [4.78, 5) is 75.1. The van der Waals surface area contributed by atoms with Gasteiger partial charge in [0.15, 0.2) is 0 Å². The average molecular weight is 913 g/mol. The molecule has 0 radical (unpaired) electrons. The third-order valence-corrected chi connectivity index (χ3v) is 13.4. The summed E-state index contributed by atoms with van der Waals surface area (Å²) < 4.78 is 29.9. The van der Waals surface area contributed by atoms with Crippen molar-refractivity contribution in [1.82, 2.24) is 10.2 Å². The van der Waals surface area contributed by atoms with Crippen LogP contribution in [-0.4, -0.2) is 106 Å². The Labute approximate surface area is 386 Å². The number of piperidine rings is 1. The molecule has 2 aromatic rings. The summed E-state index contributed by atoms with van der Waals surface area (Å²) in [6.07, 6.45) is 7.36. The zero-order valence-corrected chi connectivity index (χ0v) is 39.3. The Balaban J connectivity index is 1.52. The third-order valence-electron chi connectivity index (χ3n) is 13.4. The van der Waals surface area contributed by atoms with Gasteiger partial charge in [0.25, 0.3) is 11.7 Å². The first-order chi connectivity index (χ1) is 31.4. The van der Waals surface area contributed by atoms with Gasteiger partial charge in [-0.05, 0) is 69.9 Å². The highest BCUT2D eigenvalue weighted by atomic mass is 16.7. The van der Waals surface area contributed by atoms with Crippen molar-refractivity contribution in [2.75, 3.05) is 26.8 Å². The highest BCUT2D eigenvalue weighted by Gasteiger charge is 2.53. The number of nitrogens with one attached hydrogen (secondary N) is 1. The minimum Gasteiger partial charge on any atom is -0.494 e. The molecule has 9 unspecified atom stereocenters. The normalized spacial score (nSPS) is 28.7. The van der Waals surface area contributed by atoms with Gasteiger partial charge < -0.3 is 49.2 Å². The number of unbranched alkanes of at least 4 members (excludes halogenated alkanes) is 1. The number of esters is 1. The van der Waals surface area contributed by atoms with E-state index in [1.54, 1.807) is 56.9 Å². The lowest BCUT2D eigenvalue weighted by molar-refractivity contribution is -0.116. The lowest BCUT2D eigenvalue weighted by atomic mass is 9.78. The first kappa shape index (κ1) is 49.8. The number of Topliss-reactive ketones (excluding diaryl/α,β-unsaturated/α-hetero) is 3. The maximum atomic E-state index is 15.3. The van der Waals surface area contributed by atoms with E-state index in [0.29, 0.717) is 38.3 Å². The van der Waals surface area contributed by atoms with Crippen molar-refractivity contribution in [3.05, 3.63) is 99.6 Å². The maximum absolute atomic E-state index is 15.3. The number of hydrogen-bond donors (Lipinski definition) is 4. The van der Waals surface area contributed by atoms with E-state index in [1.165, 1.54) is 58.4 Å². The Kier molecular flexibility index (Phi) is 15.8. The van der Waals surface area contributed by atoms with E-state index in [9.17, 15) is 29.7 Å². The van der Waals surface area contributed by atoms with Crippen molar-refractivity contribution in [2.24, 2.45) is 23.7 Å². The van der Waals surface area contributed by atoms with Crippen LogP contribution in [0.3, 0.4) is 0 Å². The highest BCUT2D eigenvalue weighted by Crippen LogP contribution is 2.50. The van der Waals surface area contributed by atoms with Crippen LogP contribution in [0.4, 0.5) is 0 Å². The molecular weight excluding hydrogens is 849 g/mol. The molecule has 1 amide bonds. The zero-order valence-electron chi connectivity index (χ0n) is 39.3. The van der Waals surface area contributed by atoms with Crippen molar-refractivity contribution >= 4 is 29.2 Å². The molecule has 4 heterocycles. The van der Waals surface area contributed by atoms with Crippen LogP contribution in [0, 0.1) is 30.6 Å². The van der Waals surface area contributed by atoms with Gasteiger partial charge in [-0.2, -0.15) is 0 Å². The topological polar surface area (TPSA) is 207 Å². The van der Waals surface area contributed by atoms with Crippen molar-refractivity contribution in [1.29, 1.82) is 0 Å². The van der Waals surface area contributed by atoms with Crippen LogP contribution in [0.2, 0.25) is 0 Å². The number of carbonyl (C=O) groups excluding carboxylic acids is 5. The smallest absolute Gasteiger partial charge is 0.343 e. The van der Waals surface area contributed by atoms with E-state index in [0.717, 1.165) is 19.3 Å². The van der Waals surface area contributed by atoms with Gasteiger partial charge in [-0.3, -0.25) is 19.2 Å². The number of ketones is 3. The molecule has 15 heteroatoms. The van der Waals surface area contributed by atoms with Crippen molar-refractivity contribution in [3.8, 4) is 17.2 Å². The predicted octanol–water partition coefficient (Wildman–Crippen LogP) is 6.57. The maximum Gasteiger partial charge on any atom is 0.343 e. The molecule has 5 aliphatic rings. The number of rotatable bonds is 8. The molecule has 66 heavy (non-hydrogen) atoms. The van der Waals surface area contributed by atoms with E-state index in [4.69, 9.17) is 23.7 Å². The summed E-state index contributed by atoms with van der Waals surface area (Å²) in [5.74, 6) is -8.60. The Bertz CT molecular complexity index is 2320. The van der Waals surface area contributed by atoms with E-state index in [-0.39, 0.29) is 50.7 Å². The fraction of sp³-hybridized carbons (Fsp3) is 0.510. The minimum atomic E-state index is -2.12. The van der Waals surface area contributed by atoms with Crippen LogP contribution in [0.5, 0.6) is 17.2 Å². The Morgan fingerprint density at radius 1 is 0.864 bits per heavy atom. The van der Waals surface area contributed by atoms with Crippen molar-refractivity contribution in [2.45, 2.75) is 118 Å². The minimum absolute atomic E-state index is 0.0471. The lowest BCUT2D eigenvalue weighted by Crippen LogP contribution is -2.45. The van der Waals surface area contributed by atoms with E-state index >= 15 is 9.59 Å². The first-order valence-electron chi connectivity index (χ1n) is 22.9. The molecule has 1 aliphatic carbocycles. The number of ether oxygens (including phenoxy) is 5. The molecule has 1 fully saturated rings. The number of hydrogen-bond acceptors (Lipinski definition) is 14. The predicted molar refractivity (Wildman–Crippen MR) is 244 cm³/mol. The molecule has 5 bridgehead atoms. The fourth-order valence-electron chi connectivity index (χ4n) is 8.99. The van der Waals surface area contributed by atoms with Gasteiger partial charge in [-0.25, -0.2) is 4.79 Å². The summed E-state index contributed by atoms with van der Waals surface area (Å²) in [7, 11) is 1.43. The summed E-state index contributed by atoms with van der Waals surface area (Å²) >= 11 is 0. The van der Waals surface area contributed by atoms with Gasteiger partial charge in [0.1, 0.15) is 28.6 Å². The van der Waals surface area contributed by atoms with Crippen molar-refractivity contribution < 1.29 is 63.0 Å². The van der Waals surface area contributed by atoms with Gasteiger partial charge in [0.2, 0.25) is 11.6 Å². The van der Waals surface area contributed by atoms with Gasteiger partial charge in [-0.15, -0.1) is 0 Å². The quantitative estimate of drug-likeness (QED) is 0.126. The molecule has 15 nitrogen and oxygen atoms in total. The molecule has 4 aliphatic heterocycles. The van der Waals surface area contributed by atoms with Crippen molar-refractivity contribution in [3.63, 3.8) is 0 Å². The van der Waals surface area contributed by atoms with Crippen LogP contribution >= 0.6 is 0 Å². The Morgan fingerprint density at radius 3 is 2.17 bits per heavy atom. The van der Waals surface area contributed by atoms with Crippen LogP contribution in [0.1, 0.15) is 128 Å². The molecule has 2 aromatic carbocycles. The number of amides is 1. The Hall–Kier alpha value is -5.61. The van der Waals surface area contributed by atoms with Gasteiger partial charge in [-0.1, -0.05) is 59.3 Å². The van der Waals surface area contributed by atoms with Crippen LogP contribution in [0.25, 0.3) is 0 Å². The average Bonchev–Trinajstić information content (AvgIpc) is 3.58. The summed E-state index contributed by atoms with van der Waals surface area (Å²) in [5, 5.41) is 36.8. The number of aliphatic hydroxyl groups is 3.